The topological polar surface area (TPSA) is 56.7 Å². The summed E-state index contributed by atoms with van der Waals surface area (Å²) in [5.74, 6) is 0.980. The van der Waals surface area contributed by atoms with Crippen molar-refractivity contribution in [3.8, 4) is 0 Å². The van der Waals surface area contributed by atoms with Crippen LogP contribution in [0.5, 0.6) is 0 Å². The number of thiophene rings is 1. The smallest absolute Gasteiger partial charge is 0.220 e. The average molecular weight is 471 g/mol. The number of nitrogens with one attached hydrogen (secondary N) is 2. The average Bonchev–Trinajstić information content (AvgIpc) is 3.19. The van der Waals surface area contributed by atoms with E-state index in [1.54, 1.807) is 18.4 Å². The molecule has 2 rings (SSSR count). The minimum Gasteiger partial charge on any atom is -0.356 e. The van der Waals surface area contributed by atoms with Crippen LogP contribution in [0.25, 0.3) is 0 Å². The molecule has 1 amide bonds. The molecule has 5 nitrogen and oxygen atoms in total. The zero-order valence-electron chi connectivity index (χ0n) is 13.5. The van der Waals surface area contributed by atoms with Crippen LogP contribution in [0.3, 0.4) is 0 Å². The zero-order chi connectivity index (χ0) is 15.9. The van der Waals surface area contributed by atoms with Gasteiger partial charge in [0.1, 0.15) is 0 Å². The summed E-state index contributed by atoms with van der Waals surface area (Å²) in [6, 6.07) is 4.38. The van der Waals surface area contributed by atoms with Crippen LogP contribution in [-0.4, -0.2) is 43.4 Å². The summed E-state index contributed by atoms with van der Waals surface area (Å²) in [5.41, 5.74) is 0. The monoisotopic (exact) mass is 470 g/mol. The first-order valence-electron chi connectivity index (χ1n) is 7.54. The first-order chi connectivity index (χ1) is 10.6. The Labute approximate surface area is 163 Å². The Morgan fingerprint density at radius 1 is 1.48 bits per heavy atom. The van der Waals surface area contributed by atoms with Crippen LogP contribution in [-0.2, 0) is 11.3 Å². The molecule has 0 aliphatic heterocycles. The van der Waals surface area contributed by atoms with Gasteiger partial charge in [0.05, 0.1) is 10.9 Å². The molecule has 0 saturated heterocycles. The molecule has 8 heteroatoms. The molecule has 1 heterocycles. The summed E-state index contributed by atoms with van der Waals surface area (Å²) in [6.45, 7) is 1.50. The van der Waals surface area contributed by atoms with E-state index in [-0.39, 0.29) is 29.9 Å². The third-order valence-electron chi connectivity index (χ3n) is 3.40. The summed E-state index contributed by atoms with van der Waals surface area (Å²) in [6.07, 6.45) is 3.63. The number of aliphatic imine (C=N–C) groups is 1. The summed E-state index contributed by atoms with van der Waals surface area (Å²) in [7, 11) is 3.75. The molecule has 0 radical (unpaired) electrons. The van der Waals surface area contributed by atoms with Crippen molar-refractivity contribution in [2.24, 2.45) is 4.99 Å². The van der Waals surface area contributed by atoms with Crippen molar-refractivity contribution in [3.63, 3.8) is 0 Å². The Morgan fingerprint density at radius 2 is 2.22 bits per heavy atom. The lowest BCUT2D eigenvalue weighted by molar-refractivity contribution is -0.121. The summed E-state index contributed by atoms with van der Waals surface area (Å²) in [5, 5.41) is 6.28. The fourth-order valence-electron chi connectivity index (χ4n) is 2.11. The molecule has 1 aromatic heterocycles. The van der Waals surface area contributed by atoms with Gasteiger partial charge in [-0.3, -0.25) is 9.79 Å². The molecule has 2 N–H and O–H groups in total. The first-order valence-corrected chi connectivity index (χ1v) is 8.73. The molecule has 1 saturated carbocycles. The number of amides is 1. The molecule has 0 spiro atoms. The fourth-order valence-corrected chi connectivity index (χ4v) is 3.25. The van der Waals surface area contributed by atoms with Crippen molar-refractivity contribution >= 4 is 58.8 Å². The lowest BCUT2D eigenvalue weighted by Crippen LogP contribution is -2.39. The van der Waals surface area contributed by atoms with Crippen molar-refractivity contribution in [2.75, 3.05) is 20.6 Å². The van der Waals surface area contributed by atoms with Crippen molar-refractivity contribution in [3.05, 3.63) is 21.3 Å². The normalized spacial score (nSPS) is 14.1. The predicted molar refractivity (Wildman–Crippen MR) is 108 cm³/mol. The quantitative estimate of drug-likeness (QED) is 0.279. The highest BCUT2D eigenvalue weighted by Crippen LogP contribution is 2.22. The van der Waals surface area contributed by atoms with Gasteiger partial charge in [-0.2, -0.15) is 0 Å². The fraction of sp³-hybridized carbons (Fsp3) is 0.600. The van der Waals surface area contributed by atoms with Crippen molar-refractivity contribution in [1.82, 2.24) is 15.5 Å². The molecule has 23 heavy (non-hydrogen) atoms. The maximum atomic E-state index is 11.6. The van der Waals surface area contributed by atoms with Crippen LogP contribution in [0.15, 0.2) is 17.1 Å². The van der Waals surface area contributed by atoms with Crippen LogP contribution in [0.2, 0.25) is 4.34 Å². The van der Waals surface area contributed by atoms with Crippen LogP contribution in [0.1, 0.15) is 30.6 Å². The molecule has 0 aromatic carbocycles. The van der Waals surface area contributed by atoms with E-state index in [9.17, 15) is 4.79 Å². The second-order valence-electron chi connectivity index (χ2n) is 5.48. The van der Waals surface area contributed by atoms with Gasteiger partial charge in [-0.15, -0.1) is 35.3 Å². The lowest BCUT2D eigenvalue weighted by Gasteiger charge is -2.21. The third-order valence-corrected chi connectivity index (χ3v) is 4.62. The number of carbonyl (C=O) groups is 1. The maximum absolute atomic E-state index is 11.6. The van der Waals surface area contributed by atoms with E-state index in [0.29, 0.717) is 12.5 Å². The van der Waals surface area contributed by atoms with Gasteiger partial charge in [-0.05, 0) is 31.4 Å². The molecule has 0 atom stereocenters. The van der Waals surface area contributed by atoms with Gasteiger partial charge in [0.25, 0.3) is 0 Å². The van der Waals surface area contributed by atoms with E-state index in [2.05, 4.69) is 15.6 Å². The van der Waals surface area contributed by atoms with Crippen molar-refractivity contribution in [2.45, 2.75) is 38.3 Å². The second kappa shape index (κ2) is 10.4. The minimum absolute atomic E-state index is 0. The molecule has 0 bridgehead atoms. The highest BCUT2D eigenvalue weighted by Gasteiger charge is 2.22. The van der Waals surface area contributed by atoms with Gasteiger partial charge >= 0.3 is 0 Å². The summed E-state index contributed by atoms with van der Waals surface area (Å²) < 4.78 is 0.799. The Bertz CT molecular complexity index is 533. The predicted octanol–water partition coefficient (Wildman–Crippen LogP) is 3.09. The number of rotatable bonds is 7. The van der Waals surface area contributed by atoms with Crippen molar-refractivity contribution in [1.29, 1.82) is 0 Å². The standard InChI is InChI=1S/C15H23ClN4OS.HI/c1-17-15(20(2)10-12-7-8-13(16)22-12)18-9-3-4-14(21)19-11-5-6-11;/h7-8,11H,3-6,9-10H2,1-2H3,(H,17,18)(H,19,21);1H. The Balaban J connectivity index is 0.00000264. The van der Waals surface area contributed by atoms with E-state index >= 15 is 0 Å². The minimum atomic E-state index is 0. The lowest BCUT2D eigenvalue weighted by atomic mass is 10.3. The largest absolute Gasteiger partial charge is 0.356 e. The van der Waals surface area contributed by atoms with Crippen LogP contribution in [0, 0.1) is 0 Å². The highest BCUT2D eigenvalue weighted by molar-refractivity contribution is 14.0. The highest BCUT2D eigenvalue weighted by atomic mass is 127. The molecule has 1 aromatic rings. The third kappa shape index (κ3) is 7.71. The summed E-state index contributed by atoms with van der Waals surface area (Å²) in [4.78, 5) is 19.1. The van der Waals surface area contributed by atoms with Gasteiger partial charge in [-0.1, -0.05) is 11.6 Å². The second-order valence-corrected chi connectivity index (χ2v) is 7.28. The number of hydrogen-bond donors (Lipinski definition) is 2. The Kier molecular flexibility index (Phi) is 9.23. The van der Waals surface area contributed by atoms with E-state index in [4.69, 9.17) is 11.6 Å². The van der Waals surface area contributed by atoms with Gasteiger partial charge in [0, 0.05) is 38.0 Å². The van der Waals surface area contributed by atoms with Crippen LogP contribution in [0.4, 0.5) is 0 Å². The van der Waals surface area contributed by atoms with Gasteiger partial charge in [0.2, 0.25) is 5.91 Å². The first kappa shape index (κ1) is 20.5. The van der Waals surface area contributed by atoms with E-state index in [0.717, 1.165) is 42.6 Å². The molecular formula is C15H24ClIN4OS. The molecule has 1 fully saturated rings. The van der Waals surface area contributed by atoms with E-state index < -0.39 is 0 Å². The summed E-state index contributed by atoms with van der Waals surface area (Å²) >= 11 is 7.52. The Hall–Kier alpha value is -0.540. The zero-order valence-corrected chi connectivity index (χ0v) is 17.4. The van der Waals surface area contributed by atoms with Gasteiger partial charge < -0.3 is 15.5 Å². The van der Waals surface area contributed by atoms with Crippen molar-refractivity contribution < 1.29 is 4.79 Å². The number of guanidine groups is 1. The SMILES string of the molecule is CN=C(NCCCC(=O)NC1CC1)N(C)Cc1ccc(Cl)s1.I. The van der Waals surface area contributed by atoms with Crippen LogP contribution < -0.4 is 10.6 Å². The molecule has 1 aliphatic carbocycles. The molecule has 1 aliphatic rings. The maximum Gasteiger partial charge on any atom is 0.220 e. The van der Waals surface area contributed by atoms with E-state index in [1.165, 1.54) is 4.88 Å². The van der Waals surface area contributed by atoms with Gasteiger partial charge in [0.15, 0.2) is 5.96 Å². The number of nitrogens with zero attached hydrogens (tertiary/aromatic N) is 2. The molecule has 0 unspecified atom stereocenters. The number of hydrogen-bond acceptors (Lipinski definition) is 3. The molecular weight excluding hydrogens is 447 g/mol. The van der Waals surface area contributed by atoms with E-state index in [1.807, 2.05) is 24.1 Å². The Morgan fingerprint density at radius 3 is 2.78 bits per heavy atom. The molecule has 130 valence electrons. The number of carbonyl (C=O) groups excluding carboxylic acids is 1. The number of halogens is 2. The van der Waals surface area contributed by atoms with Crippen LogP contribution >= 0.6 is 46.9 Å². The van der Waals surface area contributed by atoms with Gasteiger partial charge in [-0.25, -0.2) is 0 Å².